The molecule has 102 valence electrons. The van der Waals surface area contributed by atoms with Crippen molar-refractivity contribution in [2.45, 2.75) is 6.54 Å². The summed E-state index contributed by atoms with van der Waals surface area (Å²) in [6, 6.07) is 8.43. The Morgan fingerprint density at radius 2 is 2.15 bits per heavy atom. The number of hydrogen-bond donors (Lipinski definition) is 2. The van der Waals surface area contributed by atoms with Gasteiger partial charge in [-0.25, -0.2) is 0 Å². The van der Waals surface area contributed by atoms with E-state index < -0.39 is 0 Å². The maximum atomic E-state index is 11.9. The molecule has 20 heavy (non-hydrogen) atoms. The molecule has 6 nitrogen and oxygen atoms in total. The molecule has 3 rings (SSSR count). The van der Waals surface area contributed by atoms with Crippen molar-refractivity contribution >= 4 is 11.6 Å². The van der Waals surface area contributed by atoms with Crippen molar-refractivity contribution in [2.24, 2.45) is 0 Å². The van der Waals surface area contributed by atoms with Gasteiger partial charge in [0.25, 0.3) is 5.91 Å². The smallest absolute Gasteiger partial charge is 0.290 e. The summed E-state index contributed by atoms with van der Waals surface area (Å²) in [6.45, 7) is 0.314. The molecule has 0 aliphatic carbocycles. The van der Waals surface area contributed by atoms with E-state index in [0.717, 1.165) is 0 Å². The van der Waals surface area contributed by atoms with Crippen molar-refractivity contribution in [1.29, 1.82) is 0 Å². The third-order valence-corrected chi connectivity index (χ3v) is 2.83. The van der Waals surface area contributed by atoms with E-state index in [4.69, 9.17) is 9.47 Å². The molecule has 1 amide bonds. The van der Waals surface area contributed by atoms with Crippen LogP contribution in [0.4, 0.5) is 5.69 Å². The average Bonchev–Trinajstić information content (AvgIpc) is 2.86. The third-order valence-electron chi connectivity index (χ3n) is 2.83. The number of amides is 1. The van der Waals surface area contributed by atoms with Crippen molar-refractivity contribution < 1.29 is 23.9 Å². The SMILES string of the molecule is O=C(C[n+]1cccc(O)c1)Nc1ccc2c(c1)OCO2. The van der Waals surface area contributed by atoms with E-state index >= 15 is 0 Å². The minimum Gasteiger partial charge on any atom is -0.503 e. The summed E-state index contributed by atoms with van der Waals surface area (Å²) in [4.78, 5) is 11.9. The number of nitrogens with one attached hydrogen (secondary N) is 1. The van der Waals surface area contributed by atoms with Gasteiger partial charge in [0.2, 0.25) is 19.5 Å². The predicted octanol–water partition coefficient (Wildman–Crippen LogP) is 1.05. The van der Waals surface area contributed by atoms with Gasteiger partial charge in [0.15, 0.2) is 23.4 Å². The van der Waals surface area contributed by atoms with Gasteiger partial charge in [-0.1, -0.05) is 0 Å². The molecule has 2 aromatic rings. The van der Waals surface area contributed by atoms with Gasteiger partial charge in [-0.2, -0.15) is 4.57 Å². The molecule has 1 aliphatic rings. The number of hydrogen-bond acceptors (Lipinski definition) is 4. The van der Waals surface area contributed by atoms with Gasteiger partial charge >= 0.3 is 0 Å². The van der Waals surface area contributed by atoms with E-state index in [-0.39, 0.29) is 25.0 Å². The van der Waals surface area contributed by atoms with Gasteiger partial charge < -0.3 is 19.9 Å². The van der Waals surface area contributed by atoms with Gasteiger partial charge in [0, 0.05) is 17.8 Å². The van der Waals surface area contributed by atoms with Gasteiger partial charge in [-0.3, -0.25) is 4.79 Å². The Balaban J connectivity index is 1.67. The number of pyridine rings is 1. The lowest BCUT2D eigenvalue weighted by Crippen LogP contribution is -2.39. The number of aromatic nitrogens is 1. The molecule has 0 saturated heterocycles. The fourth-order valence-electron chi connectivity index (χ4n) is 1.95. The maximum Gasteiger partial charge on any atom is 0.290 e. The van der Waals surface area contributed by atoms with Crippen LogP contribution in [0.25, 0.3) is 0 Å². The number of carbonyl (C=O) groups excluding carboxylic acids is 1. The van der Waals surface area contributed by atoms with Crippen LogP contribution in [-0.4, -0.2) is 17.8 Å². The fourth-order valence-corrected chi connectivity index (χ4v) is 1.95. The van der Waals surface area contributed by atoms with Crippen LogP contribution in [0.2, 0.25) is 0 Å². The number of benzene rings is 1. The first-order chi connectivity index (χ1) is 9.70. The van der Waals surface area contributed by atoms with E-state index in [1.807, 2.05) is 0 Å². The Bertz CT molecular complexity index is 657. The van der Waals surface area contributed by atoms with Gasteiger partial charge in [-0.15, -0.1) is 0 Å². The van der Waals surface area contributed by atoms with Crippen LogP contribution in [0.5, 0.6) is 17.2 Å². The van der Waals surface area contributed by atoms with Crippen molar-refractivity contribution in [1.82, 2.24) is 0 Å². The van der Waals surface area contributed by atoms with Gasteiger partial charge in [0.1, 0.15) is 0 Å². The Morgan fingerprint density at radius 3 is 3.00 bits per heavy atom. The number of fused-ring (bicyclic) bond motifs is 1. The summed E-state index contributed by atoms with van der Waals surface area (Å²) >= 11 is 0. The zero-order valence-corrected chi connectivity index (χ0v) is 10.6. The lowest BCUT2D eigenvalue weighted by Gasteiger charge is -2.04. The molecule has 2 heterocycles. The highest BCUT2D eigenvalue weighted by Gasteiger charge is 2.15. The molecular weight excluding hydrogens is 260 g/mol. The largest absolute Gasteiger partial charge is 0.503 e. The lowest BCUT2D eigenvalue weighted by molar-refractivity contribution is -0.684. The molecule has 0 saturated carbocycles. The summed E-state index contributed by atoms with van der Waals surface area (Å²) in [7, 11) is 0. The highest BCUT2D eigenvalue weighted by molar-refractivity contribution is 5.90. The standard InChI is InChI=1S/C14H12N2O4/c17-11-2-1-5-16(7-11)8-14(18)15-10-3-4-12-13(6-10)20-9-19-12/h1-7H,8-9H2,(H-,15,17,18)/p+1. The first-order valence-corrected chi connectivity index (χ1v) is 6.08. The van der Waals surface area contributed by atoms with Crippen LogP contribution < -0.4 is 19.4 Å². The van der Waals surface area contributed by atoms with E-state index in [9.17, 15) is 9.90 Å². The molecule has 1 aromatic heterocycles. The van der Waals surface area contributed by atoms with E-state index in [0.29, 0.717) is 17.2 Å². The minimum absolute atomic E-state index is 0.114. The van der Waals surface area contributed by atoms with E-state index in [1.54, 1.807) is 41.1 Å². The van der Waals surface area contributed by atoms with Crippen LogP contribution >= 0.6 is 0 Å². The van der Waals surface area contributed by atoms with Gasteiger partial charge in [0.05, 0.1) is 0 Å². The third kappa shape index (κ3) is 2.64. The highest BCUT2D eigenvalue weighted by Crippen LogP contribution is 2.34. The first-order valence-electron chi connectivity index (χ1n) is 6.08. The van der Waals surface area contributed by atoms with Crippen molar-refractivity contribution in [2.75, 3.05) is 12.1 Å². The van der Waals surface area contributed by atoms with Crippen molar-refractivity contribution in [3.05, 3.63) is 42.7 Å². The molecule has 0 bridgehead atoms. The Kier molecular flexibility index (Phi) is 3.12. The molecule has 6 heteroatoms. The molecule has 1 aliphatic heterocycles. The summed E-state index contributed by atoms with van der Waals surface area (Å²) < 4.78 is 12.0. The van der Waals surface area contributed by atoms with E-state index in [2.05, 4.69) is 5.32 Å². The molecule has 0 atom stereocenters. The zero-order valence-electron chi connectivity index (χ0n) is 10.6. The van der Waals surface area contributed by atoms with Crippen LogP contribution in [0.15, 0.2) is 42.7 Å². The highest BCUT2D eigenvalue weighted by atomic mass is 16.7. The van der Waals surface area contributed by atoms with Crippen LogP contribution in [0, 0.1) is 0 Å². The maximum absolute atomic E-state index is 11.9. The summed E-state index contributed by atoms with van der Waals surface area (Å²) in [5.74, 6) is 1.21. The molecule has 0 spiro atoms. The van der Waals surface area contributed by atoms with Crippen LogP contribution in [0.1, 0.15) is 0 Å². The molecule has 0 radical (unpaired) electrons. The molecular formula is C14H13N2O4+. The lowest BCUT2D eigenvalue weighted by atomic mass is 10.3. The zero-order chi connectivity index (χ0) is 13.9. The second-order valence-corrected chi connectivity index (χ2v) is 4.35. The Labute approximate surface area is 115 Å². The minimum atomic E-state index is -0.195. The Morgan fingerprint density at radius 1 is 1.30 bits per heavy atom. The first kappa shape index (κ1) is 12.3. The normalized spacial score (nSPS) is 12.2. The predicted molar refractivity (Wildman–Crippen MR) is 69.5 cm³/mol. The molecule has 2 N–H and O–H groups in total. The topological polar surface area (TPSA) is 71.7 Å². The number of rotatable bonds is 3. The van der Waals surface area contributed by atoms with E-state index in [1.165, 1.54) is 6.20 Å². The summed E-state index contributed by atoms with van der Waals surface area (Å²) in [5, 5.41) is 12.1. The second-order valence-electron chi connectivity index (χ2n) is 4.35. The van der Waals surface area contributed by atoms with Crippen LogP contribution in [-0.2, 0) is 11.3 Å². The molecule has 0 unspecified atom stereocenters. The summed E-state index contributed by atoms with van der Waals surface area (Å²) in [5.41, 5.74) is 0.639. The monoisotopic (exact) mass is 273 g/mol. The quantitative estimate of drug-likeness (QED) is 0.820. The van der Waals surface area contributed by atoms with Crippen LogP contribution in [0.3, 0.4) is 0 Å². The van der Waals surface area contributed by atoms with Gasteiger partial charge in [-0.05, 0) is 18.2 Å². The number of ether oxygens (including phenoxy) is 2. The molecule has 0 fully saturated rings. The number of aromatic hydroxyl groups is 1. The Hall–Kier alpha value is -2.76. The van der Waals surface area contributed by atoms with Crippen molar-refractivity contribution in [3.63, 3.8) is 0 Å². The molecule has 1 aromatic carbocycles. The number of anilines is 1. The van der Waals surface area contributed by atoms with Crippen molar-refractivity contribution in [3.8, 4) is 17.2 Å². The second kappa shape index (κ2) is 5.08. The number of carbonyl (C=O) groups is 1. The summed E-state index contributed by atoms with van der Waals surface area (Å²) in [6.07, 6.45) is 3.19. The number of nitrogens with zero attached hydrogens (tertiary/aromatic N) is 1. The fraction of sp³-hybridized carbons (Fsp3) is 0.143. The average molecular weight is 273 g/mol.